The van der Waals surface area contributed by atoms with E-state index in [9.17, 15) is 18.5 Å². The molecule has 2 atom stereocenters. The Labute approximate surface area is 171 Å². The van der Waals surface area contributed by atoms with Crippen LogP contribution in [0, 0.1) is 16.0 Å². The van der Waals surface area contributed by atoms with Crippen LogP contribution in [0.1, 0.15) is 33.1 Å². The van der Waals surface area contributed by atoms with E-state index in [1.807, 2.05) is 0 Å². The van der Waals surface area contributed by atoms with Gasteiger partial charge in [-0.2, -0.15) is 4.31 Å². The Bertz CT molecular complexity index is 823. The predicted molar refractivity (Wildman–Crippen MR) is 109 cm³/mol. The van der Waals surface area contributed by atoms with Gasteiger partial charge in [0.1, 0.15) is 4.90 Å². The Morgan fingerprint density at radius 2 is 2.00 bits per heavy atom. The minimum Gasteiger partial charge on any atom is -0.381 e. The van der Waals surface area contributed by atoms with Gasteiger partial charge in [0.25, 0.3) is 5.69 Å². The average Bonchev–Trinajstić information content (AvgIpc) is 2.68. The first-order valence-electron chi connectivity index (χ1n) is 10.0. The third-order valence-corrected chi connectivity index (χ3v) is 7.16. The third kappa shape index (κ3) is 5.44. The fourth-order valence-electron chi connectivity index (χ4n) is 3.80. The van der Waals surface area contributed by atoms with E-state index in [1.54, 1.807) is 0 Å². The summed E-state index contributed by atoms with van der Waals surface area (Å²) in [7, 11) is -3.88. The number of anilines is 1. The quantitative estimate of drug-likeness (QED) is 0.526. The standard InChI is InChI=1S/C19H29N3O6S/c1-14(2)11-17-12-15(5-8-28-17)20-18-4-3-16(22(23)24)13-19(18)29(25,26)21-6-9-27-10-7-21/h3-4,13-15,17,20H,5-12H2,1-2H3. The van der Waals surface area contributed by atoms with Gasteiger partial charge < -0.3 is 14.8 Å². The number of nitro benzene ring substituents is 1. The van der Waals surface area contributed by atoms with Crippen molar-refractivity contribution >= 4 is 21.4 Å². The second-order valence-corrected chi connectivity index (χ2v) is 9.85. The summed E-state index contributed by atoms with van der Waals surface area (Å²) in [4.78, 5) is 10.6. The topological polar surface area (TPSA) is 111 Å². The van der Waals surface area contributed by atoms with Gasteiger partial charge in [0, 0.05) is 37.9 Å². The van der Waals surface area contributed by atoms with Gasteiger partial charge in [-0.05, 0) is 31.2 Å². The molecule has 2 saturated heterocycles. The molecule has 1 aromatic carbocycles. The number of ether oxygens (including phenoxy) is 2. The first kappa shape index (κ1) is 21.9. The predicted octanol–water partition coefficient (Wildman–Crippen LogP) is 2.62. The van der Waals surface area contributed by atoms with Gasteiger partial charge in [0.15, 0.2) is 0 Å². The maximum absolute atomic E-state index is 13.2. The van der Waals surface area contributed by atoms with Crippen LogP contribution in [0.4, 0.5) is 11.4 Å². The van der Waals surface area contributed by atoms with Crippen LogP contribution in [0.2, 0.25) is 0 Å². The first-order chi connectivity index (χ1) is 13.8. The number of sulfonamides is 1. The van der Waals surface area contributed by atoms with Crippen molar-refractivity contribution < 1.29 is 22.8 Å². The number of non-ortho nitro benzene ring substituents is 1. The number of morpholine rings is 1. The largest absolute Gasteiger partial charge is 0.381 e. The highest BCUT2D eigenvalue weighted by molar-refractivity contribution is 7.89. The third-order valence-electron chi connectivity index (χ3n) is 5.23. The summed E-state index contributed by atoms with van der Waals surface area (Å²) in [5.41, 5.74) is 0.157. The van der Waals surface area contributed by atoms with Gasteiger partial charge in [-0.1, -0.05) is 13.8 Å². The zero-order valence-corrected chi connectivity index (χ0v) is 17.7. The van der Waals surface area contributed by atoms with Gasteiger partial charge in [-0.15, -0.1) is 0 Å². The summed E-state index contributed by atoms with van der Waals surface area (Å²) >= 11 is 0. The van der Waals surface area contributed by atoms with Crippen molar-refractivity contribution in [3.63, 3.8) is 0 Å². The Morgan fingerprint density at radius 1 is 1.28 bits per heavy atom. The molecule has 0 spiro atoms. The minimum absolute atomic E-state index is 0.0487. The van der Waals surface area contributed by atoms with Crippen LogP contribution in [-0.4, -0.2) is 62.7 Å². The second-order valence-electron chi connectivity index (χ2n) is 7.94. The summed E-state index contributed by atoms with van der Waals surface area (Å²) in [5, 5.41) is 14.6. The fourth-order valence-corrected chi connectivity index (χ4v) is 5.39. The Kier molecular flexibility index (Phi) is 7.10. The number of rotatable bonds is 7. The number of nitro groups is 1. The molecule has 0 aliphatic carbocycles. The molecule has 0 bridgehead atoms. The van der Waals surface area contributed by atoms with Gasteiger partial charge in [0.2, 0.25) is 10.0 Å². The Hall–Kier alpha value is -1.75. The summed E-state index contributed by atoms with van der Waals surface area (Å²) in [6.45, 7) is 5.99. The molecule has 0 aromatic heterocycles. The van der Waals surface area contributed by atoms with Gasteiger partial charge in [-0.3, -0.25) is 10.1 Å². The van der Waals surface area contributed by atoms with E-state index in [-0.39, 0.29) is 35.8 Å². The molecule has 1 N–H and O–H groups in total. The SMILES string of the molecule is CC(C)CC1CC(Nc2ccc([N+](=O)[O-])cc2S(=O)(=O)N2CCOCC2)CCO1. The highest BCUT2D eigenvalue weighted by Crippen LogP contribution is 2.32. The van der Waals surface area contributed by atoms with Crippen LogP contribution in [0.25, 0.3) is 0 Å². The molecule has 0 radical (unpaired) electrons. The van der Waals surface area contributed by atoms with Gasteiger partial charge >= 0.3 is 0 Å². The van der Waals surface area contributed by atoms with E-state index in [2.05, 4.69) is 19.2 Å². The number of hydrogen-bond donors (Lipinski definition) is 1. The van der Waals surface area contributed by atoms with Crippen LogP contribution in [-0.2, 0) is 19.5 Å². The molecule has 162 valence electrons. The van der Waals surface area contributed by atoms with Crippen molar-refractivity contribution in [3.8, 4) is 0 Å². The lowest BCUT2D eigenvalue weighted by Gasteiger charge is -2.32. The summed E-state index contributed by atoms with van der Waals surface area (Å²) in [6, 6.07) is 4.04. The maximum Gasteiger partial charge on any atom is 0.270 e. The summed E-state index contributed by atoms with van der Waals surface area (Å²) in [6.07, 6.45) is 2.59. The Morgan fingerprint density at radius 3 is 2.66 bits per heavy atom. The zero-order valence-electron chi connectivity index (χ0n) is 16.9. The van der Waals surface area contributed by atoms with Crippen LogP contribution in [0.3, 0.4) is 0 Å². The van der Waals surface area contributed by atoms with Crippen molar-refractivity contribution in [1.29, 1.82) is 0 Å². The lowest BCUT2D eigenvalue weighted by molar-refractivity contribution is -0.385. The second kappa shape index (κ2) is 9.38. The smallest absolute Gasteiger partial charge is 0.270 e. The van der Waals surface area contributed by atoms with Crippen LogP contribution in [0.15, 0.2) is 23.1 Å². The molecule has 3 rings (SSSR count). The summed E-state index contributed by atoms with van der Waals surface area (Å²) < 4.78 is 38.8. The molecule has 1 aromatic rings. The Balaban J connectivity index is 1.87. The summed E-state index contributed by atoms with van der Waals surface area (Å²) in [5.74, 6) is 0.510. The zero-order chi connectivity index (χ0) is 21.0. The number of benzene rings is 1. The lowest BCUT2D eigenvalue weighted by Crippen LogP contribution is -2.41. The van der Waals surface area contributed by atoms with Crippen molar-refractivity contribution in [2.45, 2.75) is 50.2 Å². The molecular formula is C19H29N3O6S. The van der Waals surface area contributed by atoms with Crippen molar-refractivity contribution in [3.05, 3.63) is 28.3 Å². The maximum atomic E-state index is 13.2. The van der Waals surface area contributed by atoms with E-state index in [0.717, 1.165) is 25.3 Å². The highest BCUT2D eigenvalue weighted by Gasteiger charge is 2.32. The van der Waals surface area contributed by atoms with E-state index in [4.69, 9.17) is 9.47 Å². The minimum atomic E-state index is -3.88. The highest BCUT2D eigenvalue weighted by atomic mass is 32.2. The van der Waals surface area contributed by atoms with Crippen LogP contribution >= 0.6 is 0 Å². The lowest BCUT2D eigenvalue weighted by atomic mass is 9.96. The van der Waals surface area contributed by atoms with Crippen molar-refractivity contribution in [1.82, 2.24) is 4.31 Å². The first-order valence-corrected chi connectivity index (χ1v) is 11.5. The molecule has 9 nitrogen and oxygen atoms in total. The van der Waals surface area contributed by atoms with Crippen molar-refractivity contribution in [2.75, 3.05) is 38.2 Å². The van der Waals surface area contributed by atoms with Gasteiger partial charge in [-0.25, -0.2) is 8.42 Å². The van der Waals surface area contributed by atoms with E-state index in [1.165, 1.54) is 16.4 Å². The van der Waals surface area contributed by atoms with E-state index in [0.29, 0.717) is 31.4 Å². The molecule has 29 heavy (non-hydrogen) atoms. The molecule has 2 fully saturated rings. The molecule has 0 amide bonds. The van der Waals surface area contributed by atoms with Crippen LogP contribution < -0.4 is 5.32 Å². The number of nitrogens with one attached hydrogen (secondary N) is 1. The number of hydrogen-bond acceptors (Lipinski definition) is 7. The normalized spacial score (nSPS) is 23.8. The molecular weight excluding hydrogens is 398 g/mol. The average molecular weight is 428 g/mol. The fraction of sp³-hybridized carbons (Fsp3) is 0.684. The van der Waals surface area contributed by atoms with Gasteiger partial charge in [0.05, 0.1) is 29.9 Å². The molecule has 2 aliphatic rings. The monoisotopic (exact) mass is 427 g/mol. The van der Waals surface area contributed by atoms with E-state index < -0.39 is 14.9 Å². The molecule has 10 heteroatoms. The van der Waals surface area contributed by atoms with Crippen molar-refractivity contribution in [2.24, 2.45) is 5.92 Å². The van der Waals surface area contributed by atoms with E-state index >= 15 is 0 Å². The molecule has 2 aliphatic heterocycles. The van der Waals surface area contributed by atoms with Crippen LogP contribution in [0.5, 0.6) is 0 Å². The molecule has 2 unspecified atom stereocenters. The molecule has 0 saturated carbocycles. The molecule has 2 heterocycles. The number of nitrogens with zero attached hydrogens (tertiary/aromatic N) is 2.